The minimum Gasteiger partial charge on any atom is -0.387 e. The number of aliphatic hydroxyl groups is 1. The third-order valence-electron chi connectivity index (χ3n) is 4.60. The molecular weight excluding hydrogens is 348 g/mol. The molecule has 0 aromatic heterocycles. The van der Waals surface area contributed by atoms with Crippen LogP contribution in [0.4, 0.5) is 10.5 Å². The third kappa shape index (κ3) is 5.42. The van der Waals surface area contributed by atoms with E-state index in [9.17, 15) is 20.0 Å². The van der Waals surface area contributed by atoms with Gasteiger partial charge in [-0.25, -0.2) is 4.79 Å². The summed E-state index contributed by atoms with van der Waals surface area (Å²) in [5.74, 6) is -0.174. The van der Waals surface area contributed by atoms with Gasteiger partial charge in [0.15, 0.2) is 0 Å². The van der Waals surface area contributed by atoms with Crippen molar-refractivity contribution >= 4 is 17.6 Å². The lowest BCUT2D eigenvalue weighted by atomic mass is 9.89. The van der Waals surface area contributed by atoms with Gasteiger partial charge in [0.2, 0.25) is 5.91 Å². The lowest BCUT2D eigenvalue weighted by molar-refractivity contribution is -0.135. The van der Waals surface area contributed by atoms with E-state index in [-0.39, 0.29) is 24.9 Å². The Morgan fingerprint density at radius 1 is 1.44 bits per heavy atom. The van der Waals surface area contributed by atoms with Gasteiger partial charge in [-0.15, -0.1) is 0 Å². The van der Waals surface area contributed by atoms with Crippen molar-refractivity contribution in [1.82, 2.24) is 9.80 Å². The van der Waals surface area contributed by atoms with Crippen molar-refractivity contribution in [2.24, 2.45) is 0 Å². The number of nitrogens with one attached hydrogen (secondary N) is 1. The average molecular weight is 374 g/mol. The molecule has 1 heterocycles. The summed E-state index contributed by atoms with van der Waals surface area (Å²) in [7, 11) is 4.83. The topological polar surface area (TPSA) is 106 Å². The number of hydrogen-bond acceptors (Lipinski definition) is 5. The van der Waals surface area contributed by atoms with Gasteiger partial charge >= 0.3 is 6.03 Å². The molecule has 1 aliphatic rings. The van der Waals surface area contributed by atoms with E-state index in [0.717, 1.165) is 5.56 Å². The van der Waals surface area contributed by atoms with Crippen molar-refractivity contribution < 1.29 is 19.4 Å². The highest BCUT2D eigenvalue weighted by Crippen LogP contribution is 2.26. The van der Waals surface area contributed by atoms with Gasteiger partial charge in [0, 0.05) is 33.4 Å². The fourth-order valence-corrected chi connectivity index (χ4v) is 3.11. The van der Waals surface area contributed by atoms with E-state index in [1.807, 2.05) is 0 Å². The zero-order valence-electron chi connectivity index (χ0n) is 16.0. The van der Waals surface area contributed by atoms with Crippen molar-refractivity contribution in [3.8, 4) is 6.07 Å². The van der Waals surface area contributed by atoms with E-state index in [0.29, 0.717) is 37.2 Å². The Balaban J connectivity index is 2.05. The van der Waals surface area contributed by atoms with Gasteiger partial charge in [0.05, 0.1) is 36.8 Å². The highest BCUT2D eigenvalue weighted by atomic mass is 16.5. The van der Waals surface area contributed by atoms with Gasteiger partial charge in [-0.3, -0.25) is 4.79 Å². The number of ether oxygens (including phenoxy) is 1. The molecule has 2 rings (SSSR count). The van der Waals surface area contributed by atoms with Gasteiger partial charge in [0.25, 0.3) is 0 Å². The summed E-state index contributed by atoms with van der Waals surface area (Å²) in [6.07, 6.45) is 1.07. The molecule has 146 valence electrons. The number of piperidine rings is 1. The molecule has 0 saturated carbocycles. The molecule has 1 aromatic carbocycles. The number of amides is 3. The van der Waals surface area contributed by atoms with Crippen LogP contribution in [-0.4, -0.2) is 66.7 Å². The van der Waals surface area contributed by atoms with Crippen LogP contribution in [0.1, 0.15) is 30.4 Å². The normalized spacial score (nSPS) is 19.3. The maximum atomic E-state index is 12.6. The maximum absolute atomic E-state index is 12.6. The van der Waals surface area contributed by atoms with Crippen LogP contribution in [0.2, 0.25) is 0 Å². The van der Waals surface area contributed by atoms with Gasteiger partial charge in [-0.2, -0.15) is 5.26 Å². The van der Waals surface area contributed by atoms with Crippen LogP contribution in [0.5, 0.6) is 0 Å². The van der Waals surface area contributed by atoms with Crippen LogP contribution >= 0.6 is 0 Å². The molecule has 1 atom stereocenters. The predicted molar refractivity (Wildman–Crippen MR) is 100.0 cm³/mol. The van der Waals surface area contributed by atoms with Crippen molar-refractivity contribution in [3.63, 3.8) is 0 Å². The van der Waals surface area contributed by atoms with Crippen LogP contribution in [0, 0.1) is 11.3 Å². The lowest BCUT2D eigenvalue weighted by Crippen LogP contribution is -2.53. The summed E-state index contributed by atoms with van der Waals surface area (Å²) < 4.78 is 5.05. The van der Waals surface area contributed by atoms with E-state index in [1.165, 1.54) is 9.80 Å². The molecule has 1 fully saturated rings. The summed E-state index contributed by atoms with van der Waals surface area (Å²) in [4.78, 5) is 27.5. The van der Waals surface area contributed by atoms with Gasteiger partial charge < -0.3 is 25.0 Å². The van der Waals surface area contributed by atoms with Gasteiger partial charge in [-0.1, -0.05) is 6.07 Å². The van der Waals surface area contributed by atoms with Crippen LogP contribution < -0.4 is 5.32 Å². The zero-order chi connectivity index (χ0) is 20.0. The molecule has 0 radical (unpaired) electrons. The minimum absolute atomic E-state index is 0.0198. The fraction of sp³-hybridized carbons (Fsp3) is 0.526. The first-order valence-electron chi connectivity index (χ1n) is 8.78. The van der Waals surface area contributed by atoms with Crippen LogP contribution in [0.25, 0.3) is 0 Å². The van der Waals surface area contributed by atoms with Crippen molar-refractivity contribution in [3.05, 3.63) is 29.3 Å². The van der Waals surface area contributed by atoms with Crippen molar-refractivity contribution in [2.45, 2.75) is 31.5 Å². The SMILES string of the molecule is COCc1ccc(NC(=O)N2CCCC(O)(CC(=O)N(C)C)C2)cc1C#N. The summed E-state index contributed by atoms with van der Waals surface area (Å²) >= 11 is 0. The number of urea groups is 1. The Morgan fingerprint density at radius 2 is 2.19 bits per heavy atom. The number of rotatable bonds is 5. The number of carbonyl (C=O) groups is 2. The number of anilines is 1. The number of likely N-dealkylation sites (tertiary alicyclic amines) is 1. The second kappa shape index (κ2) is 8.84. The van der Waals surface area contributed by atoms with E-state index in [1.54, 1.807) is 39.4 Å². The molecule has 1 unspecified atom stereocenters. The zero-order valence-corrected chi connectivity index (χ0v) is 16.0. The molecule has 1 saturated heterocycles. The van der Waals surface area contributed by atoms with Gasteiger partial charge in [-0.05, 0) is 30.5 Å². The molecule has 0 aliphatic carbocycles. The largest absolute Gasteiger partial charge is 0.387 e. The standard InChI is InChI=1S/C19H26N4O4/c1-22(2)17(24)10-19(26)7-4-8-23(13-19)18(25)21-16-6-5-14(12-27-3)15(9-16)11-20/h5-6,9,26H,4,7-8,10,12-13H2,1-3H3,(H,21,25). The monoisotopic (exact) mass is 374 g/mol. The van der Waals surface area contributed by atoms with Crippen LogP contribution in [-0.2, 0) is 16.1 Å². The first-order chi connectivity index (χ1) is 12.8. The van der Waals surface area contributed by atoms with E-state index in [4.69, 9.17) is 4.74 Å². The van der Waals surface area contributed by atoms with E-state index in [2.05, 4.69) is 11.4 Å². The van der Waals surface area contributed by atoms with Gasteiger partial charge in [0.1, 0.15) is 0 Å². The number of benzene rings is 1. The van der Waals surface area contributed by atoms with Crippen LogP contribution in [0.15, 0.2) is 18.2 Å². The Labute approximate surface area is 159 Å². The molecular formula is C19H26N4O4. The van der Waals surface area contributed by atoms with Crippen molar-refractivity contribution in [1.29, 1.82) is 5.26 Å². The Kier molecular flexibility index (Phi) is 6.77. The summed E-state index contributed by atoms with van der Waals surface area (Å²) in [6.45, 7) is 0.901. The minimum atomic E-state index is -1.23. The summed E-state index contributed by atoms with van der Waals surface area (Å²) in [5.41, 5.74) is 0.445. The van der Waals surface area contributed by atoms with E-state index >= 15 is 0 Å². The Morgan fingerprint density at radius 3 is 2.81 bits per heavy atom. The molecule has 3 amide bonds. The number of carbonyl (C=O) groups excluding carboxylic acids is 2. The van der Waals surface area contributed by atoms with Crippen LogP contribution in [0.3, 0.4) is 0 Å². The second-order valence-corrected chi connectivity index (χ2v) is 7.06. The second-order valence-electron chi connectivity index (χ2n) is 7.06. The maximum Gasteiger partial charge on any atom is 0.321 e. The fourth-order valence-electron chi connectivity index (χ4n) is 3.11. The first-order valence-corrected chi connectivity index (χ1v) is 8.78. The predicted octanol–water partition coefficient (Wildman–Crippen LogP) is 1.54. The third-order valence-corrected chi connectivity index (χ3v) is 4.60. The molecule has 27 heavy (non-hydrogen) atoms. The van der Waals surface area contributed by atoms with Crippen molar-refractivity contribution in [2.75, 3.05) is 39.6 Å². The molecule has 1 aliphatic heterocycles. The number of hydrogen-bond donors (Lipinski definition) is 2. The summed E-state index contributed by atoms with van der Waals surface area (Å²) in [6, 6.07) is 6.76. The smallest absolute Gasteiger partial charge is 0.321 e. The molecule has 8 heteroatoms. The Hall–Kier alpha value is -2.63. The number of β-amino-alcohol motifs (C(OH)–C–C–N with tert-alkyl or cyclic N) is 1. The Bertz CT molecular complexity index is 744. The molecule has 1 aromatic rings. The summed E-state index contributed by atoms with van der Waals surface area (Å²) in [5, 5.41) is 22.7. The van der Waals surface area contributed by atoms with E-state index < -0.39 is 5.60 Å². The quantitative estimate of drug-likeness (QED) is 0.813. The average Bonchev–Trinajstić information content (AvgIpc) is 2.62. The molecule has 8 nitrogen and oxygen atoms in total. The molecule has 0 spiro atoms. The number of nitriles is 1. The highest BCUT2D eigenvalue weighted by molar-refractivity contribution is 5.90. The number of methoxy groups -OCH3 is 1. The molecule has 2 N–H and O–H groups in total. The number of nitrogens with zero attached hydrogens (tertiary/aromatic N) is 3. The lowest BCUT2D eigenvalue weighted by Gasteiger charge is -2.39. The molecule has 0 bridgehead atoms. The highest BCUT2D eigenvalue weighted by Gasteiger charge is 2.37. The first kappa shape index (κ1) is 20.7.